The Balaban J connectivity index is 2.62. The molecular weight excluding hydrogens is 270 g/mol. The molecule has 19 heavy (non-hydrogen) atoms. The predicted octanol–water partition coefficient (Wildman–Crippen LogP) is 0.873. The molecule has 7 heteroatoms. The molecule has 2 N–H and O–H groups in total. The zero-order valence-corrected chi connectivity index (χ0v) is 11.2. The zero-order valence-electron chi connectivity index (χ0n) is 10.4. The Labute approximate surface area is 110 Å². The van der Waals surface area contributed by atoms with Crippen LogP contribution >= 0.6 is 0 Å². The van der Waals surface area contributed by atoms with Crippen LogP contribution in [0.4, 0.5) is 5.69 Å². The topological polar surface area (TPSA) is 101 Å². The fraction of sp³-hybridized carbons (Fsp3) is 0.333. The summed E-state index contributed by atoms with van der Waals surface area (Å²) < 4.78 is 24.6. The smallest absolute Gasteiger partial charge is 0.305 e. The molecule has 0 spiro atoms. The van der Waals surface area contributed by atoms with E-state index in [1.54, 1.807) is 19.9 Å². The predicted molar refractivity (Wildman–Crippen MR) is 67.8 cm³/mol. The summed E-state index contributed by atoms with van der Waals surface area (Å²) in [6.45, 7) is 3.56. The number of anilines is 1. The van der Waals surface area contributed by atoms with Crippen molar-refractivity contribution in [2.45, 2.75) is 30.4 Å². The van der Waals surface area contributed by atoms with Gasteiger partial charge in [0.05, 0.1) is 17.0 Å². The van der Waals surface area contributed by atoms with Crippen molar-refractivity contribution in [2.75, 3.05) is 5.32 Å². The maximum atomic E-state index is 12.3. The molecule has 1 heterocycles. The lowest BCUT2D eigenvalue weighted by atomic mass is 10.1. The number of hydrogen-bond donors (Lipinski definition) is 2. The molecule has 0 aliphatic carbocycles. The number of sulfone groups is 1. The molecule has 102 valence electrons. The molecule has 0 bridgehead atoms. The maximum absolute atomic E-state index is 12.3. The summed E-state index contributed by atoms with van der Waals surface area (Å²) in [4.78, 5) is 22.4. The summed E-state index contributed by atoms with van der Waals surface area (Å²) >= 11 is 0. The van der Waals surface area contributed by atoms with Gasteiger partial charge in [-0.2, -0.15) is 0 Å². The number of aryl methyl sites for hydroxylation is 2. The van der Waals surface area contributed by atoms with E-state index in [4.69, 9.17) is 5.11 Å². The number of carbonyl (C=O) groups excluding carboxylic acids is 1. The van der Waals surface area contributed by atoms with Gasteiger partial charge in [0.15, 0.2) is 15.1 Å². The number of nitrogens with one attached hydrogen (secondary N) is 1. The van der Waals surface area contributed by atoms with Crippen LogP contribution in [0, 0.1) is 13.8 Å². The fourth-order valence-electron chi connectivity index (χ4n) is 1.99. The Hall–Kier alpha value is -1.89. The van der Waals surface area contributed by atoms with Crippen LogP contribution in [0.5, 0.6) is 0 Å². The van der Waals surface area contributed by atoms with Gasteiger partial charge in [0, 0.05) is 0 Å². The molecule has 1 amide bonds. The summed E-state index contributed by atoms with van der Waals surface area (Å²) in [5.41, 5.74) is 1.84. The lowest BCUT2D eigenvalue weighted by Gasteiger charge is -2.24. The van der Waals surface area contributed by atoms with Gasteiger partial charge in [-0.05, 0) is 37.1 Å². The SMILES string of the molecule is Cc1cc2c(cc1C)S(=O)(=O)C(CC(=O)O)C(=O)N2. The van der Waals surface area contributed by atoms with Crippen LogP contribution in [0.25, 0.3) is 0 Å². The van der Waals surface area contributed by atoms with Gasteiger partial charge in [-0.1, -0.05) is 0 Å². The van der Waals surface area contributed by atoms with Crippen molar-refractivity contribution in [3.8, 4) is 0 Å². The van der Waals surface area contributed by atoms with Crippen molar-refractivity contribution in [1.82, 2.24) is 0 Å². The first-order chi connectivity index (χ1) is 8.73. The van der Waals surface area contributed by atoms with E-state index in [2.05, 4.69) is 5.32 Å². The largest absolute Gasteiger partial charge is 0.481 e. The molecule has 6 nitrogen and oxygen atoms in total. The first-order valence-electron chi connectivity index (χ1n) is 5.61. The standard InChI is InChI=1S/C12H13NO5S/c1-6-3-8-9(4-7(6)2)19(17,18)10(5-11(14)15)12(16)13-8/h3-4,10H,5H2,1-2H3,(H,13,16)(H,14,15). The van der Waals surface area contributed by atoms with E-state index < -0.39 is 33.4 Å². The summed E-state index contributed by atoms with van der Waals surface area (Å²) in [5, 5.41) is 9.61. The third-order valence-electron chi connectivity index (χ3n) is 3.19. The molecule has 1 aromatic carbocycles. The molecule has 0 fully saturated rings. The van der Waals surface area contributed by atoms with Crippen molar-refractivity contribution < 1.29 is 23.1 Å². The van der Waals surface area contributed by atoms with Crippen LogP contribution in [0.1, 0.15) is 17.5 Å². The van der Waals surface area contributed by atoms with Crippen LogP contribution in [0.15, 0.2) is 17.0 Å². The summed E-state index contributed by atoms with van der Waals surface area (Å²) in [6, 6.07) is 3.05. The lowest BCUT2D eigenvalue weighted by Crippen LogP contribution is -2.41. The van der Waals surface area contributed by atoms with E-state index in [1.165, 1.54) is 6.07 Å². The maximum Gasteiger partial charge on any atom is 0.305 e. The minimum absolute atomic E-state index is 0.0125. The summed E-state index contributed by atoms with van der Waals surface area (Å²) in [6.07, 6.45) is -0.736. The highest BCUT2D eigenvalue weighted by molar-refractivity contribution is 7.93. The molecule has 0 saturated heterocycles. The van der Waals surface area contributed by atoms with Crippen molar-refractivity contribution in [2.24, 2.45) is 0 Å². The molecular formula is C12H13NO5S. The van der Waals surface area contributed by atoms with Crippen molar-refractivity contribution in [3.05, 3.63) is 23.3 Å². The number of rotatable bonds is 2. The van der Waals surface area contributed by atoms with E-state index in [0.717, 1.165) is 11.1 Å². The number of carboxylic acid groups (broad SMARTS) is 1. The highest BCUT2D eigenvalue weighted by atomic mass is 32.2. The van der Waals surface area contributed by atoms with Gasteiger partial charge in [0.2, 0.25) is 5.91 Å². The lowest BCUT2D eigenvalue weighted by molar-refractivity contribution is -0.138. The molecule has 0 radical (unpaired) electrons. The number of aliphatic carboxylic acids is 1. The van der Waals surface area contributed by atoms with Crippen molar-refractivity contribution >= 4 is 27.4 Å². The average molecular weight is 283 g/mol. The van der Waals surface area contributed by atoms with Crippen LogP contribution in [0.2, 0.25) is 0 Å². The Kier molecular flexibility index (Phi) is 3.09. The van der Waals surface area contributed by atoms with E-state index in [-0.39, 0.29) is 10.6 Å². The number of benzene rings is 1. The van der Waals surface area contributed by atoms with E-state index in [0.29, 0.717) is 0 Å². The summed E-state index contributed by atoms with van der Waals surface area (Å²) in [7, 11) is -3.96. The van der Waals surface area contributed by atoms with Crippen LogP contribution in [-0.2, 0) is 19.4 Å². The molecule has 1 aromatic rings. The number of carbonyl (C=O) groups is 2. The van der Waals surface area contributed by atoms with Gasteiger partial charge in [-0.15, -0.1) is 0 Å². The van der Waals surface area contributed by atoms with Gasteiger partial charge in [0.25, 0.3) is 0 Å². The van der Waals surface area contributed by atoms with E-state index in [9.17, 15) is 18.0 Å². The number of carboxylic acids is 1. The van der Waals surface area contributed by atoms with Gasteiger partial charge in [0.1, 0.15) is 0 Å². The Morgan fingerprint density at radius 1 is 1.32 bits per heavy atom. The third kappa shape index (κ3) is 2.21. The van der Waals surface area contributed by atoms with Gasteiger partial charge in [-0.25, -0.2) is 8.42 Å². The number of amides is 1. The zero-order chi connectivity index (χ0) is 14.4. The van der Waals surface area contributed by atoms with Gasteiger partial charge in [-0.3, -0.25) is 9.59 Å². The molecule has 0 aromatic heterocycles. The first kappa shape index (κ1) is 13.5. The molecule has 1 atom stereocenters. The first-order valence-corrected chi connectivity index (χ1v) is 7.16. The normalized spacial score (nSPS) is 20.5. The second kappa shape index (κ2) is 4.34. The van der Waals surface area contributed by atoms with Crippen LogP contribution in [0.3, 0.4) is 0 Å². The van der Waals surface area contributed by atoms with E-state index >= 15 is 0 Å². The quantitative estimate of drug-likeness (QED) is 0.838. The molecule has 0 saturated carbocycles. The van der Waals surface area contributed by atoms with Crippen molar-refractivity contribution in [3.63, 3.8) is 0 Å². The molecule has 1 aliphatic rings. The molecule has 1 unspecified atom stereocenters. The van der Waals surface area contributed by atoms with Gasteiger partial charge >= 0.3 is 5.97 Å². The molecule has 1 aliphatic heterocycles. The Morgan fingerprint density at radius 3 is 2.47 bits per heavy atom. The fourth-order valence-corrected chi connectivity index (χ4v) is 3.76. The Morgan fingerprint density at radius 2 is 1.89 bits per heavy atom. The number of hydrogen-bond acceptors (Lipinski definition) is 4. The highest BCUT2D eigenvalue weighted by Gasteiger charge is 2.41. The monoisotopic (exact) mass is 283 g/mol. The molecule has 2 rings (SSSR count). The number of fused-ring (bicyclic) bond motifs is 1. The van der Waals surface area contributed by atoms with Gasteiger partial charge < -0.3 is 10.4 Å². The Bertz CT molecular complexity index is 678. The minimum atomic E-state index is -3.96. The van der Waals surface area contributed by atoms with Crippen molar-refractivity contribution in [1.29, 1.82) is 0 Å². The average Bonchev–Trinajstić information content (AvgIpc) is 2.28. The highest BCUT2D eigenvalue weighted by Crippen LogP contribution is 2.33. The second-order valence-electron chi connectivity index (χ2n) is 4.55. The van der Waals surface area contributed by atoms with Crippen LogP contribution in [-0.4, -0.2) is 30.7 Å². The minimum Gasteiger partial charge on any atom is -0.481 e. The third-order valence-corrected chi connectivity index (χ3v) is 5.27. The second-order valence-corrected chi connectivity index (χ2v) is 6.65. The van der Waals surface area contributed by atoms with Crippen LogP contribution < -0.4 is 5.32 Å². The van der Waals surface area contributed by atoms with E-state index in [1.807, 2.05) is 0 Å². The summed E-state index contributed by atoms with van der Waals surface area (Å²) in [5.74, 6) is -2.12.